The summed E-state index contributed by atoms with van der Waals surface area (Å²) in [5.74, 6) is 1.16. The highest BCUT2D eigenvalue weighted by Gasteiger charge is 2.08. The molecule has 2 aromatic rings. The number of hydrogen-bond acceptors (Lipinski definition) is 2. The largest absolute Gasteiger partial charge is 0.457 e. The molecule has 0 saturated carbocycles. The topological polar surface area (TPSA) is 59.1 Å². The van der Waals surface area contributed by atoms with E-state index in [1.54, 1.807) is 18.2 Å². The third kappa shape index (κ3) is 2.81. The summed E-state index contributed by atoms with van der Waals surface area (Å²) >= 11 is 5.88. The molecule has 92 valence electrons. The van der Waals surface area contributed by atoms with Crippen molar-refractivity contribution in [2.45, 2.75) is 6.92 Å². The Morgan fingerprint density at radius 1 is 1.22 bits per heavy atom. The zero-order valence-corrected chi connectivity index (χ0v) is 10.7. The lowest BCUT2D eigenvalue weighted by Crippen LogP contribution is -2.12. The monoisotopic (exact) mass is 260 g/mol. The number of nitrogens with two attached hydrogens (primary N) is 1. The maximum Gasteiger partial charge on any atom is 0.138 e. The smallest absolute Gasteiger partial charge is 0.138 e. The molecule has 2 rings (SSSR count). The van der Waals surface area contributed by atoms with E-state index < -0.39 is 0 Å². The predicted molar refractivity (Wildman–Crippen MR) is 73.7 cm³/mol. The second-order valence-corrected chi connectivity index (χ2v) is 4.41. The first-order chi connectivity index (χ1) is 8.56. The van der Waals surface area contributed by atoms with Gasteiger partial charge in [-0.3, -0.25) is 5.41 Å². The molecule has 0 aromatic heterocycles. The van der Waals surface area contributed by atoms with E-state index in [1.165, 1.54) is 0 Å². The average Bonchev–Trinajstić information content (AvgIpc) is 2.31. The Morgan fingerprint density at radius 2 is 2.00 bits per heavy atom. The number of ether oxygens (including phenoxy) is 1. The van der Waals surface area contributed by atoms with Gasteiger partial charge in [0.15, 0.2) is 0 Å². The van der Waals surface area contributed by atoms with Crippen LogP contribution in [0, 0.1) is 12.3 Å². The van der Waals surface area contributed by atoms with Crippen molar-refractivity contribution in [2.24, 2.45) is 5.73 Å². The van der Waals surface area contributed by atoms with Crippen LogP contribution in [0.5, 0.6) is 11.5 Å². The van der Waals surface area contributed by atoms with Gasteiger partial charge < -0.3 is 10.5 Å². The lowest BCUT2D eigenvalue weighted by atomic mass is 10.2. The molecule has 0 radical (unpaired) electrons. The summed E-state index contributed by atoms with van der Waals surface area (Å²) < 4.78 is 5.73. The highest BCUT2D eigenvalue weighted by Crippen LogP contribution is 2.28. The third-order valence-electron chi connectivity index (χ3n) is 2.45. The lowest BCUT2D eigenvalue weighted by Gasteiger charge is -2.11. The number of rotatable bonds is 3. The molecular weight excluding hydrogens is 248 g/mol. The van der Waals surface area contributed by atoms with Crippen molar-refractivity contribution in [1.29, 1.82) is 5.41 Å². The fourth-order valence-corrected chi connectivity index (χ4v) is 1.78. The summed E-state index contributed by atoms with van der Waals surface area (Å²) in [6.07, 6.45) is 0. The number of nitrogens with one attached hydrogen (secondary N) is 1. The van der Waals surface area contributed by atoms with Crippen molar-refractivity contribution < 1.29 is 4.74 Å². The Balaban J connectivity index is 2.37. The first kappa shape index (κ1) is 12.5. The van der Waals surface area contributed by atoms with Crippen LogP contribution in [-0.4, -0.2) is 5.84 Å². The van der Waals surface area contributed by atoms with Gasteiger partial charge in [0.05, 0.1) is 5.56 Å². The molecule has 0 saturated heterocycles. The number of hydrogen-bond donors (Lipinski definition) is 2. The SMILES string of the molecule is Cc1cccc(Oc2ccc(Cl)cc2C(=N)N)c1. The molecule has 0 aliphatic carbocycles. The second-order valence-electron chi connectivity index (χ2n) is 3.97. The van der Waals surface area contributed by atoms with Crippen molar-refractivity contribution in [3.8, 4) is 11.5 Å². The zero-order valence-electron chi connectivity index (χ0n) is 9.91. The predicted octanol–water partition coefficient (Wildman–Crippen LogP) is 3.72. The molecule has 18 heavy (non-hydrogen) atoms. The molecule has 0 aliphatic rings. The Kier molecular flexibility index (Phi) is 3.53. The second kappa shape index (κ2) is 5.10. The van der Waals surface area contributed by atoms with E-state index in [0.717, 1.165) is 5.56 Å². The van der Waals surface area contributed by atoms with Crippen LogP contribution in [0.3, 0.4) is 0 Å². The molecule has 0 spiro atoms. The summed E-state index contributed by atoms with van der Waals surface area (Å²) in [5, 5.41) is 8.04. The number of aryl methyl sites for hydroxylation is 1. The lowest BCUT2D eigenvalue weighted by molar-refractivity contribution is 0.481. The molecule has 0 atom stereocenters. The van der Waals surface area contributed by atoms with Gasteiger partial charge in [0.1, 0.15) is 17.3 Å². The minimum absolute atomic E-state index is 0.0693. The van der Waals surface area contributed by atoms with Gasteiger partial charge in [-0.15, -0.1) is 0 Å². The summed E-state index contributed by atoms with van der Waals surface area (Å²) in [6, 6.07) is 12.7. The van der Waals surface area contributed by atoms with E-state index in [1.807, 2.05) is 31.2 Å². The maximum atomic E-state index is 7.52. The van der Waals surface area contributed by atoms with Gasteiger partial charge in [0, 0.05) is 5.02 Å². The van der Waals surface area contributed by atoms with Crippen molar-refractivity contribution in [3.63, 3.8) is 0 Å². The molecule has 0 fully saturated rings. The van der Waals surface area contributed by atoms with E-state index in [0.29, 0.717) is 22.1 Å². The van der Waals surface area contributed by atoms with Crippen LogP contribution in [0.1, 0.15) is 11.1 Å². The fourth-order valence-electron chi connectivity index (χ4n) is 1.61. The summed E-state index contributed by atoms with van der Waals surface area (Å²) in [5.41, 5.74) is 7.10. The van der Waals surface area contributed by atoms with Crippen LogP contribution < -0.4 is 10.5 Å². The van der Waals surface area contributed by atoms with Gasteiger partial charge in [-0.25, -0.2) is 0 Å². The van der Waals surface area contributed by atoms with E-state index in [2.05, 4.69) is 0 Å². The molecule has 3 N–H and O–H groups in total. The zero-order chi connectivity index (χ0) is 13.1. The van der Waals surface area contributed by atoms with Crippen LogP contribution in [-0.2, 0) is 0 Å². The third-order valence-corrected chi connectivity index (χ3v) is 2.68. The van der Waals surface area contributed by atoms with E-state index in [4.69, 9.17) is 27.5 Å². The van der Waals surface area contributed by atoms with Crippen LogP contribution in [0.15, 0.2) is 42.5 Å². The van der Waals surface area contributed by atoms with Crippen LogP contribution in [0.4, 0.5) is 0 Å². The van der Waals surface area contributed by atoms with Crippen molar-refractivity contribution in [1.82, 2.24) is 0 Å². The minimum atomic E-state index is -0.0693. The van der Waals surface area contributed by atoms with Crippen molar-refractivity contribution in [3.05, 3.63) is 58.6 Å². The fraction of sp³-hybridized carbons (Fsp3) is 0.0714. The first-order valence-electron chi connectivity index (χ1n) is 5.45. The highest BCUT2D eigenvalue weighted by atomic mass is 35.5. The molecule has 0 bridgehead atoms. The number of halogens is 1. The van der Waals surface area contributed by atoms with Crippen LogP contribution >= 0.6 is 11.6 Å². The average molecular weight is 261 g/mol. The molecular formula is C14H13ClN2O. The quantitative estimate of drug-likeness (QED) is 0.653. The first-order valence-corrected chi connectivity index (χ1v) is 5.82. The van der Waals surface area contributed by atoms with E-state index in [-0.39, 0.29) is 5.84 Å². The molecule has 2 aromatic carbocycles. The molecule has 3 nitrogen and oxygen atoms in total. The maximum absolute atomic E-state index is 7.52. The Bertz CT molecular complexity index is 596. The van der Waals surface area contributed by atoms with Gasteiger partial charge in [0.25, 0.3) is 0 Å². The summed E-state index contributed by atoms with van der Waals surface area (Å²) in [6.45, 7) is 1.99. The Labute approximate surface area is 111 Å². The molecule has 4 heteroatoms. The highest BCUT2D eigenvalue weighted by molar-refractivity contribution is 6.31. The summed E-state index contributed by atoms with van der Waals surface area (Å²) in [7, 11) is 0. The molecule has 0 amide bonds. The van der Waals surface area contributed by atoms with Gasteiger partial charge >= 0.3 is 0 Å². The molecule has 0 heterocycles. The number of benzene rings is 2. The Hall–Kier alpha value is -2.00. The minimum Gasteiger partial charge on any atom is -0.457 e. The standard InChI is InChI=1S/C14H13ClN2O/c1-9-3-2-4-11(7-9)18-13-6-5-10(15)8-12(13)14(16)17/h2-8H,1H3,(H3,16,17). The number of nitrogen functional groups attached to an aromatic ring is 1. The summed E-state index contributed by atoms with van der Waals surface area (Å²) in [4.78, 5) is 0. The number of amidine groups is 1. The van der Waals surface area contributed by atoms with Crippen LogP contribution in [0.2, 0.25) is 5.02 Å². The van der Waals surface area contributed by atoms with Gasteiger partial charge in [-0.2, -0.15) is 0 Å². The Morgan fingerprint density at radius 3 is 2.67 bits per heavy atom. The van der Waals surface area contributed by atoms with Gasteiger partial charge in [0.2, 0.25) is 0 Å². The van der Waals surface area contributed by atoms with Gasteiger partial charge in [-0.05, 0) is 42.8 Å². The van der Waals surface area contributed by atoms with Crippen LogP contribution in [0.25, 0.3) is 0 Å². The molecule has 0 aliphatic heterocycles. The van der Waals surface area contributed by atoms with Gasteiger partial charge in [-0.1, -0.05) is 23.7 Å². The normalized spacial score (nSPS) is 10.1. The molecule has 0 unspecified atom stereocenters. The van der Waals surface area contributed by atoms with Crippen molar-refractivity contribution in [2.75, 3.05) is 0 Å². The van der Waals surface area contributed by atoms with E-state index in [9.17, 15) is 0 Å². The van der Waals surface area contributed by atoms with E-state index >= 15 is 0 Å². The van der Waals surface area contributed by atoms with Crippen molar-refractivity contribution >= 4 is 17.4 Å².